The van der Waals surface area contributed by atoms with Crippen molar-refractivity contribution in [1.29, 1.82) is 0 Å². The van der Waals surface area contributed by atoms with Gasteiger partial charge in [0.15, 0.2) is 0 Å². The average Bonchev–Trinajstić information content (AvgIpc) is 2.38. The number of urea groups is 2. The number of nitrogens with one attached hydrogen (secondary N) is 2. The number of benzene rings is 1. The smallest absolute Gasteiger partial charge is 0.310 e. The van der Waals surface area contributed by atoms with Gasteiger partial charge in [-0.15, -0.1) is 0 Å². The Kier molecular flexibility index (Phi) is 5.37. The summed E-state index contributed by atoms with van der Waals surface area (Å²) >= 11 is 0. The molecule has 0 radical (unpaired) electrons. The summed E-state index contributed by atoms with van der Waals surface area (Å²) in [4.78, 5) is 32.2. The number of nitrogens with zero attached hydrogens (tertiary/aromatic N) is 2. The van der Waals surface area contributed by atoms with Crippen molar-refractivity contribution in [1.82, 2.24) is 19.8 Å². The Balaban J connectivity index is 2.85. The lowest BCUT2D eigenvalue weighted by Gasteiger charge is -2.23. The molecule has 7 heteroatoms. The van der Waals surface area contributed by atoms with Crippen LogP contribution in [-0.2, 0) is 0 Å². The topological polar surface area (TPSA) is 64.7 Å². The summed E-state index contributed by atoms with van der Waals surface area (Å²) in [5.41, 5.74) is 0. The largest absolute Gasteiger partial charge is 0.345 e. The highest BCUT2D eigenvalue weighted by molar-refractivity contribution is 6.72. The fourth-order valence-electron chi connectivity index (χ4n) is 1.35. The molecule has 1 aromatic rings. The van der Waals surface area contributed by atoms with Crippen molar-refractivity contribution in [2.75, 3.05) is 28.2 Å². The number of amides is 4. The molecule has 4 amide bonds. The summed E-state index contributed by atoms with van der Waals surface area (Å²) in [6, 6.07) is 9.07. The summed E-state index contributed by atoms with van der Waals surface area (Å²) in [5, 5.41) is 0.952. The van der Waals surface area contributed by atoms with Gasteiger partial charge < -0.3 is 19.8 Å². The molecule has 6 nitrogen and oxygen atoms in total. The van der Waals surface area contributed by atoms with E-state index in [9.17, 15) is 9.59 Å². The monoisotopic (exact) mass is 280 g/mol. The number of rotatable bonds is 3. The van der Waals surface area contributed by atoms with Crippen LogP contribution in [-0.4, -0.2) is 59.2 Å². The van der Waals surface area contributed by atoms with Crippen LogP contribution in [0.2, 0.25) is 0 Å². The van der Waals surface area contributed by atoms with Gasteiger partial charge in [0.25, 0.3) is 9.12 Å². The van der Waals surface area contributed by atoms with E-state index in [1.165, 1.54) is 9.80 Å². The van der Waals surface area contributed by atoms with Crippen LogP contribution >= 0.6 is 0 Å². The maximum Gasteiger partial charge on any atom is 0.310 e. The second kappa shape index (κ2) is 6.79. The zero-order valence-corrected chi connectivity index (χ0v) is 12.8. The molecule has 0 aliphatic heterocycles. The predicted molar refractivity (Wildman–Crippen MR) is 77.7 cm³/mol. The standard InChI is InChI=1S/C12H20N4O2Si/c1-15(2)11(17)13-19(14-12(18)16(3)4)10-8-6-5-7-9-10/h5-9,19H,1-4H3,(H,13,17)(H,14,18). The average molecular weight is 280 g/mol. The van der Waals surface area contributed by atoms with Crippen LogP contribution in [0.1, 0.15) is 0 Å². The second-order valence-electron chi connectivity index (χ2n) is 4.53. The predicted octanol–water partition coefficient (Wildman–Crippen LogP) is -0.343. The highest BCUT2D eigenvalue weighted by Crippen LogP contribution is 1.88. The molecule has 0 bridgehead atoms. The minimum Gasteiger partial charge on any atom is -0.345 e. The third kappa shape index (κ3) is 4.63. The van der Waals surface area contributed by atoms with E-state index in [-0.39, 0.29) is 12.1 Å². The Morgan fingerprint density at radius 1 is 0.895 bits per heavy atom. The van der Waals surface area contributed by atoms with Gasteiger partial charge in [-0.05, 0) is 5.19 Å². The fraction of sp³-hybridized carbons (Fsp3) is 0.333. The Hall–Kier alpha value is -2.02. The number of hydrogen-bond acceptors (Lipinski definition) is 2. The molecule has 0 saturated carbocycles. The van der Waals surface area contributed by atoms with Crippen molar-refractivity contribution < 1.29 is 9.59 Å². The molecule has 0 atom stereocenters. The summed E-state index contributed by atoms with van der Waals surface area (Å²) in [7, 11) is 4.56. The second-order valence-corrected chi connectivity index (χ2v) is 6.64. The molecule has 0 aromatic heterocycles. The highest BCUT2D eigenvalue weighted by atomic mass is 28.3. The van der Waals surface area contributed by atoms with Crippen molar-refractivity contribution in [3.8, 4) is 0 Å². The van der Waals surface area contributed by atoms with E-state index in [1.54, 1.807) is 28.2 Å². The van der Waals surface area contributed by atoms with Gasteiger partial charge in [-0.1, -0.05) is 30.3 Å². The lowest BCUT2D eigenvalue weighted by Crippen LogP contribution is -2.62. The number of carbonyl (C=O) groups excluding carboxylic acids is 2. The molecule has 2 N–H and O–H groups in total. The zero-order valence-electron chi connectivity index (χ0n) is 11.7. The first kappa shape index (κ1) is 15.0. The van der Waals surface area contributed by atoms with E-state index in [1.807, 2.05) is 30.3 Å². The molecule has 1 rings (SSSR count). The SMILES string of the molecule is CN(C)C(=O)N[SiH](NC(=O)N(C)C)c1ccccc1. The lowest BCUT2D eigenvalue weighted by molar-refractivity contribution is 0.221. The van der Waals surface area contributed by atoms with Crippen LogP contribution in [0, 0.1) is 0 Å². The van der Waals surface area contributed by atoms with E-state index < -0.39 is 9.12 Å². The Bertz CT molecular complexity index is 415. The molecule has 0 heterocycles. The minimum absolute atomic E-state index is 0.209. The normalized spacial score (nSPS) is 9.95. The van der Waals surface area contributed by atoms with Crippen molar-refractivity contribution in [2.24, 2.45) is 0 Å². The maximum absolute atomic E-state index is 11.8. The van der Waals surface area contributed by atoms with E-state index in [0.29, 0.717) is 0 Å². The lowest BCUT2D eigenvalue weighted by atomic mass is 10.4. The third-order valence-electron chi connectivity index (χ3n) is 2.48. The van der Waals surface area contributed by atoms with Crippen molar-refractivity contribution >= 4 is 26.4 Å². The zero-order chi connectivity index (χ0) is 14.4. The summed E-state index contributed by atoms with van der Waals surface area (Å²) in [6.45, 7) is 0. The van der Waals surface area contributed by atoms with Crippen LogP contribution in [0.5, 0.6) is 0 Å². The van der Waals surface area contributed by atoms with Crippen molar-refractivity contribution in [2.45, 2.75) is 0 Å². The molecular formula is C12H20N4O2Si. The first-order valence-electron chi connectivity index (χ1n) is 5.92. The van der Waals surface area contributed by atoms with Crippen LogP contribution in [0.3, 0.4) is 0 Å². The van der Waals surface area contributed by atoms with Gasteiger partial charge in [-0.2, -0.15) is 0 Å². The van der Waals surface area contributed by atoms with Crippen molar-refractivity contribution in [3.63, 3.8) is 0 Å². The first-order chi connectivity index (χ1) is 8.91. The van der Waals surface area contributed by atoms with Crippen molar-refractivity contribution in [3.05, 3.63) is 30.3 Å². The van der Waals surface area contributed by atoms with Crippen LogP contribution in [0.15, 0.2) is 30.3 Å². The van der Waals surface area contributed by atoms with Gasteiger partial charge in [0.2, 0.25) is 0 Å². The van der Waals surface area contributed by atoms with Gasteiger partial charge in [-0.25, -0.2) is 9.59 Å². The molecular weight excluding hydrogens is 260 g/mol. The van der Waals surface area contributed by atoms with E-state index in [2.05, 4.69) is 9.96 Å². The van der Waals surface area contributed by atoms with Gasteiger partial charge >= 0.3 is 12.1 Å². The summed E-state index contributed by atoms with van der Waals surface area (Å²) < 4.78 is 0. The molecule has 0 aliphatic rings. The van der Waals surface area contributed by atoms with Gasteiger partial charge in [0, 0.05) is 28.2 Å². The Labute approximate surface area is 115 Å². The molecule has 0 unspecified atom stereocenters. The van der Waals surface area contributed by atoms with Gasteiger partial charge in [0.05, 0.1) is 0 Å². The third-order valence-corrected chi connectivity index (χ3v) is 4.60. The maximum atomic E-state index is 11.8. The number of hydrogen-bond donors (Lipinski definition) is 2. The van der Waals surface area contributed by atoms with Crippen LogP contribution in [0.25, 0.3) is 0 Å². The van der Waals surface area contributed by atoms with E-state index >= 15 is 0 Å². The summed E-state index contributed by atoms with van der Waals surface area (Å²) in [6.07, 6.45) is 0. The Morgan fingerprint density at radius 2 is 1.32 bits per heavy atom. The molecule has 19 heavy (non-hydrogen) atoms. The Morgan fingerprint density at radius 3 is 1.68 bits per heavy atom. The summed E-state index contributed by atoms with van der Waals surface area (Å²) in [5.74, 6) is 0. The highest BCUT2D eigenvalue weighted by Gasteiger charge is 2.21. The molecule has 0 saturated heterocycles. The van der Waals surface area contributed by atoms with Crippen LogP contribution < -0.4 is 15.2 Å². The van der Waals surface area contributed by atoms with Crippen LogP contribution in [0.4, 0.5) is 9.59 Å². The number of carbonyl (C=O) groups is 2. The molecule has 0 aliphatic carbocycles. The van der Waals surface area contributed by atoms with Gasteiger partial charge in [-0.3, -0.25) is 0 Å². The quantitative estimate of drug-likeness (QED) is 0.744. The van der Waals surface area contributed by atoms with Gasteiger partial charge in [0.1, 0.15) is 0 Å². The van der Waals surface area contributed by atoms with E-state index in [0.717, 1.165) is 5.19 Å². The molecule has 0 fully saturated rings. The fourth-order valence-corrected chi connectivity index (χ4v) is 3.38. The molecule has 0 spiro atoms. The molecule has 1 aromatic carbocycles. The minimum atomic E-state index is -2.10. The molecule has 104 valence electrons. The van der Waals surface area contributed by atoms with E-state index in [4.69, 9.17) is 0 Å². The first-order valence-corrected chi connectivity index (χ1v) is 7.65.